The van der Waals surface area contributed by atoms with E-state index in [1.165, 1.54) is 10.9 Å². The summed E-state index contributed by atoms with van der Waals surface area (Å²) in [5, 5.41) is 18.6. The fourth-order valence-corrected chi connectivity index (χ4v) is 1.55. The smallest absolute Gasteiger partial charge is 0.358 e. The molecule has 2 amide bonds. The zero-order valence-corrected chi connectivity index (χ0v) is 11.7. The maximum absolute atomic E-state index is 11.8. The molecule has 1 aromatic heterocycles. The van der Waals surface area contributed by atoms with Gasteiger partial charge < -0.3 is 15.3 Å². The van der Waals surface area contributed by atoms with E-state index in [0.717, 1.165) is 5.57 Å². The summed E-state index contributed by atoms with van der Waals surface area (Å²) in [6.07, 6.45) is 1.32. The van der Waals surface area contributed by atoms with Crippen molar-refractivity contribution in [1.82, 2.24) is 25.2 Å². The molecule has 0 spiro atoms. The fraction of sp³-hybridized carbons (Fsp3) is 0.500. The Balaban J connectivity index is 2.40. The number of urea groups is 1. The van der Waals surface area contributed by atoms with E-state index in [2.05, 4.69) is 22.2 Å². The normalized spacial score (nSPS) is 10.1. The van der Waals surface area contributed by atoms with E-state index in [1.807, 2.05) is 13.8 Å². The molecular formula is C12H19N5O3. The number of likely N-dealkylation sites (N-methyl/N-ethyl adjacent to an activating group) is 1. The lowest BCUT2D eigenvalue weighted by Gasteiger charge is -2.21. The molecule has 0 aliphatic rings. The van der Waals surface area contributed by atoms with Crippen molar-refractivity contribution in [1.29, 1.82) is 0 Å². The average molecular weight is 281 g/mol. The van der Waals surface area contributed by atoms with Crippen molar-refractivity contribution in [3.8, 4) is 0 Å². The Morgan fingerprint density at radius 2 is 2.25 bits per heavy atom. The van der Waals surface area contributed by atoms with Crippen molar-refractivity contribution in [2.24, 2.45) is 0 Å². The number of hydrogen-bond acceptors (Lipinski definition) is 4. The molecule has 1 heterocycles. The first-order valence-electron chi connectivity index (χ1n) is 6.24. The molecular weight excluding hydrogens is 262 g/mol. The Kier molecular flexibility index (Phi) is 5.70. The predicted molar refractivity (Wildman–Crippen MR) is 72.4 cm³/mol. The van der Waals surface area contributed by atoms with Crippen molar-refractivity contribution < 1.29 is 14.7 Å². The van der Waals surface area contributed by atoms with Crippen LogP contribution >= 0.6 is 0 Å². The van der Waals surface area contributed by atoms with Crippen molar-refractivity contribution in [3.63, 3.8) is 0 Å². The van der Waals surface area contributed by atoms with Crippen LogP contribution in [0.25, 0.3) is 0 Å². The molecule has 0 aromatic carbocycles. The summed E-state index contributed by atoms with van der Waals surface area (Å²) in [5.74, 6) is -1.13. The standard InChI is InChI=1S/C12H19N5O3/c1-4-16(7-9(2)3)12(20)13-5-6-17-8-10(11(18)19)14-15-17/h8H,2,4-7H2,1,3H3,(H,13,20)(H,18,19). The predicted octanol–water partition coefficient (Wildman–Crippen LogP) is 0.584. The van der Waals surface area contributed by atoms with Crippen LogP contribution < -0.4 is 5.32 Å². The number of carboxylic acid groups (broad SMARTS) is 1. The van der Waals surface area contributed by atoms with Gasteiger partial charge in [0.25, 0.3) is 0 Å². The summed E-state index contributed by atoms with van der Waals surface area (Å²) in [4.78, 5) is 24.1. The maximum atomic E-state index is 11.8. The number of rotatable bonds is 7. The van der Waals surface area contributed by atoms with Crippen LogP contribution in [0.1, 0.15) is 24.3 Å². The van der Waals surface area contributed by atoms with Crippen LogP contribution in [0.2, 0.25) is 0 Å². The molecule has 0 radical (unpaired) electrons. The quantitative estimate of drug-likeness (QED) is 0.712. The van der Waals surface area contributed by atoms with Gasteiger partial charge in [0.05, 0.1) is 12.7 Å². The van der Waals surface area contributed by atoms with Crippen molar-refractivity contribution >= 4 is 12.0 Å². The molecule has 0 bridgehead atoms. The molecule has 2 N–H and O–H groups in total. The number of hydrogen-bond donors (Lipinski definition) is 2. The van der Waals surface area contributed by atoms with Crippen LogP contribution in [0, 0.1) is 0 Å². The van der Waals surface area contributed by atoms with Gasteiger partial charge in [-0.3, -0.25) is 0 Å². The van der Waals surface area contributed by atoms with Crippen LogP contribution in [-0.2, 0) is 6.54 Å². The molecule has 0 aliphatic carbocycles. The molecule has 0 saturated heterocycles. The Morgan fingerprint density at radius 1 is 1.55 bits per heavy atom. The van der Waals surface area contributed by atoms with Crippen LogP contribution in [0.3, 0.4) is 0 Å². The summed E-state index contributed by atoms with van der Waals surface area (Å²) in [7, 11) is 0. The van der Waals surface area contributed by atoms with E-state index in [4.69, 9.17) is 5.11 Å². The van der Waals surface area contributed by atoms with E-state index < -0.39 is 5.97 Å². The monoisotopic (exact) mass is 281 g/mol. The van der Waals surface area contributed by atoms with Crippen LogP contribution in [-0.4, -0.2) is 56.6 Å². The van der Waals surface area contributed by atoms with Crippen LogP contribution in [0.15, 0.2) is 18.3 Å². The van der Waals surface area contributed by atoms with Gasteiger partial charge >= 0.3 is 12.0 Å². The van der Waals surface area contributed by atoms with Crippen LogP contribution in [0.5, 0.6) is 0 Å². The largest absolute Gasteiger partial charge is 0.476 e. The second kappa shape index (κ2) is 7.27. The lowest BCUT2D eigenvalue weighted by atomic mass is 10.3. The van der Waals surface area contributed by atoms with E-state index in [-0.39, 0.29) is 11.7 Å². The minimum Gasteiger partial charge on any atom is -0.476 e. The average Bonchev–Trinajstić information content (AvgIpc) is 2.84. The number of carbonyl (C=O) groups excluding carboxylic acids is 1. The van der Waals surface area contributed by atoms with Gasteiger partial charge in [0.1, 0.15) is 0 Å². The Hall–Kier alpha value is -2.38. The minimum atomic E-state index is -1.13. The highest BCUT2D eigenvalue weighted by atomic mass is 16.4. The van der Waals surface area contributed by atoms with Crippen LogP contribution in [0.4, 0.5) is 4.79 Å². The SMILES string of the molecule is C=C(C)CN(CC)C(=O)NCCn1cc(C(=O)O)nn1. The van der Waals surface area contributed by atoms with Gasteiger partial charge in [-0.15, -0.1) is 5.10 Å². The molecule has 1 aromatic rings. The first-order valence-corrected chi connectivity index (χ1v) is 6.24. The number of carbonyl (C=O) groups is 2. The third-order valence-corrected chi connectivity index (χ3v) is 2.50. The molecule has 8 nitrogen and oxygen atoms in total. The molecule has 0 fully saturated rings. The van der Waals surface area contributed by atoms with Gasteiger partial charge in [0, 0.05) is 19.6 Å². The van der Waals surface area contributed by atoms with Gasteiger partial charge in [-0.2, -0.15) is 0 Å². The summed E-state index contributed by atoms with van der Waals surface area (Å²) in [6, 6.07) is -0.186. The molecule has 0 unspecified atom stereocenters. The third-order valence-electron chi connectivity index (χ3n) is 2.50. The summed E-state index contributed by atoms with van der Waals surface area (Å²) >= 11 is 0. The molecule has 20 heavy (non-hydrogen) atoms. The summed E-state index contributed by atoms with van der Waals surface area (Å²) in [5.41, 5.74) is 0.790. The zero-order valence-electron chi connectivity index (χ0n) is 11.7. The highest BCUT2D eigenvalue weighted by molar-refractivity contribution is 5.84. The first kappa shape index (κ1) is 15.7. The number of nitrogens with one attached hydrogen (secondary N) is 1. The van der Waals surface area contributed by atoms with Gasteiger partial charge in [0.15, 0.2) is 5.69 Å². The van der Waals surface area contributed by atoms with E-state index in [1.54, 1.807) is 4.90 Å². The van der Waals surface area contributed by atoms with Gasteiger partial charge in [-0.25, -0.2) is 14.3 Å². The Bertz CT molecular complexity index is 497. The zero-order chi connectivity index (χ0) is 15.1. The number of nitrogens with zero attached hydrogens (tertiary/aromatic N) is 4. The Morgan fingerprint density at radius 3 is 2.75 bits per heavy atom. The van der Waals surface area contributed by atoms with Crippen molar-refractivity contribution in [3.05, 3.63) is 24.0 Å². The number of aromatic nitrogens is 3. The van der Waals surface area contributed by atoms with Gasteiger partial charge in [-0.1, -0.05) is 17.4 Å². The van der Waals surface area contributed by atoms with Gasteiger partial charge in [-0.05, 0) is 13.8 Å². The summed E-state index contributed by atoms with van der Waals surface area (Å²) < 4.78 is 1.37. The van der Waals surface area contributed by atoms with Crippen molar-refractivity contribution in [2.75, 3.05) is 19.6 Å². The number of amides is 2. The number of aromatic carboxylic acids is 1. The second-order valence-electron chi connectivity index (χ2n) is 4.38. The van der Waals surface area contributed by atoms with E-state index in [9.17, 15) is 9.59 Å². The summed E-state index contributed by atoms with van der Waals surface area (Å²) in [6.45, 7) is 9.32. The highest BCUT2D eigenvalue weighted by Gasteiger charge is 2.11. The van der Waals surface area contributed by atoms with E-state index >= 15 is 0 Å². The fourth-order valence-electron chi connectivity index (χ4n) is 1.55. The lowest BCUT2D eigenvalue weighted by molar-refractivity contribution is 0.0690. The van der Waals surface area contributed by atoms with E-state index in [0.29, 0.717) is 26.2 Å². The molecule has 110 valence electrons. The number of carboxylic acids is 1. The second-order valence-corrected chi connectivity index (χ2v) is 4.38. The highest BCUT2D eigenvalue weighted by Crippen LogP contribution is 1.96. The molecule has 0 aliphatic heterocycles. The van der Waals surface area contributed by atoms with Crippen molar-refractivity contribution in [2.45, 2.75) is 20.4 Å². The minimum absolute atomic E-state index is 0.117. The molecule has 1 rings (SSSR count). The molecule has 8 heteroatoms. The third kappa shape index (κ3) is 4.71. The van der Waals surface area contributed by atoms with Gasteiger partial charge in [0.2, 0.25) is 0 Å². The topological polar surface area (TPSA) is 100 Å². The maximum Gasteiger partial charge on any atom is 0.358 e. The lowest BCUT2D eigenvalue weighted by Crippen LogP contribution is -2.41. The molecule has 0 atom stereocenters. The Labute approximate surface area is 117 Å². The molecule has 0 saturated carbocycles. The first-order chi connectivity index (χ1) is 9.43.